The fraction of sp³-hybridized carbons (Fsp3) is 0.462. The number of ether oxygens (including phenoxy) is 1. The molecule has 0 saturated carbocycles. The summed E-state index contributed by atoms with van der Waals surface area (Å²) in [6.45, 7) is 1.37. The summed E-state index contributed by atoms with van der Waals surface area (Å²) in [7, 11) is 0. The zero-order valence-corrected chi connectivity index (χ0v) is 11.6. The van der Waals surface area contributed by atoms with Crippen LogP contribution in [-0.2, 0) is 9.53 Å². The minimum Gasteiger partial charge on any atom is -0.381 e. The number of carbonyl (C=O) groups is 1. The lowest BCUT2D eigenvalue weighted by Crippen LogP contribution is -2.22. The highest BCUT2D eigenvalue weighted by molar-refractivity contribution is 6.32. The molecule has 1 saturated heterocycles. The van der Waals surface area contributed by atoms with E-state index in [1.165, 1.54) is 12.1 Å². The van der Waals surface area contributed by atoms with Gasteiger partial charge in [-0.05, 0) is 30.9 Å². The predicted octanol–water partition coefficient (Wildman–Crippen LogP) is 3.00. The average molecular weight is 299 g/mol. The van der Waals surface area contributed by atoms with Crippen LogP contribution in [0.2, 0.25) is 5.02 Å². The van der Waals surface area contributed by atoms with Crippen molar-refractivity contribution >= 4 is 28.9 Å². The van der Waals surface area contributed by atoms with E-state index in [1.807, 2.05) is 0 Å². The molecule has 0 bridgehead atoms. The number of carbonyl (C=O) groups excluding carboxylic acids is 1. The third-order valence-corrected chi connectivity index (χ3v) is 3.56. The molecule has 0 atom stereocenters. The molecule has 1 aromatic rings. The molecule has 0 aliphatic carbocycles. The standard InChI is InChI=1S/C13H15ClN2O4/c14-11-2-1-10(8-12(11)16(18)19)15-13(17)7-9-3-5-20-6-4-9/h1-2,8-9H,3-7H2,(H,15,17). The molecule has 0 aromatic heterocycles. The molecule has 6 nitrogen and oxygen atoms in total. The molecular weight excluding hydrogens is 284 g/mol. The summed E-state index contributed by atoms with van der Waals surface area (Å²) in [5.41, 5.74) is 0.175. The van der Waals surface area contributed by atoms with Crippen LogP contribution in [0.3, 0.4) is 0 Å². The first-order chi connectivity index (χ1) is 9.56. The van der Waals surface area contributed by atoms with Gasteiger partial charge in [-0.15, -0.1) is 0 Å². The van der Waals surface area contributed by atoms with E-state index >= 15 is 0 Å². The maximum absolute atomic E-state index is 11.9. The van der Waals surface area contributed by atoms with Gasteiger partial charge in [0.05, 0.1) is 4.92 Å². The van der Waals surface area contributed by atoms with Gasteiger partial charge < -0.3 is 10.1 Å². The summed E-state index contributed by atoms with van der Waals surface area (Å²) >= 11 is 5.72. The van der Waals surface area contributed by atoms with Crippen LogP contribution < -0.4 is 5.32 Å². The van der Waals surface area contributed by atoms with Gasteiger partial charge >= 0.3 is 0 Å². The highest BCUT2D eigenvalue weighted by Crippen LogP contribution is 2.27. The number of nitro benzene ring substituents is 1. The van der Waals surface area contributed by atoms with Gasteiger partial charge in [0.2, 0.25) is 5.91 Å². The predicted molar refractivity (Wildman–Crippen MR) is 74.9 cm³/mol. The van der Waals surface area contributed by atoms with Gasteiger partial charge in [0.25, 0.3) is 5.69 Å². The monoisotopic (exact) mass is 298 g/mol. The third kappa shape index (κ3) is 3.91. The van der Waals surface area contributed by atoms with Crippen LogP contribution in [0.25, 0.3) is 0 Å². The number of nitrogens with zero attached hydrogens (tertiary/aromatic N) is 1. The second-order valence-electron chi connectivity index (χ2n) is 4.73. The lowest BCUT2D eigenvalue weighted by atomic mass is 9.96. The van der Waals surface area contributed by atoms with Crippen LogP contribution in [0.4, 0.5) is 11.4 Å². The van der Waals surface area contributed by atoms with Crippen molar-refractivity contribution in [3.63, 3.8) is 0 Å². The first kappa shape index (κ1) is 14.7. The maximum atomic E-state index is 11.9. The first-order valence-corrected chi connectivity index (χ1v) is 6.75. The number of nitrogens with one attached hydrogen (secondary N) is 1. The minimum atomic E-state index is -0.573. The zero-order chi connectivity index (χ0) is 14.5. The van der Waals surface area contributed by atoms with Crippen molar-refractivity contribution in [3.05, 3.63) is 33.3 Å². The highest BCUT2D eigenvalue weighted by Gasteiger charge is 2.18. The minimum absolute atomic E-state index is 0.0532. The Kier molecular flexibility index (Phi) is 4.92. The van der Waals surface area contributed by atoms with Crippen LogP contribution in [0.15, 0.2) is 18.2 Å². The van der Waals surface area contributed by atoms with Crippen molar-refractivity contribution in [3.8, 4) is 0 Å². The van der Waals surface area contributed by atoms with E-state index < -0.39 is 4.92 Å². The molecule has 1 aliphatic rings. The van der Waals surface area contributed by atoms with E-state index in [1.54, 1.807) is 6.07 Å². The van der Waals surface area contributed by atoms with E-state index in [-0.39, 0.29) is 16.6 Å². The van der Waals surface area contributed by atoms with Gasteiger partial charge in [-0.2, -0.15) is 0 Å². The van der Waals surface area contributed by atoms with Crippen molar-refractivity contribution in [2.45, 2.75) is 19.3 Å². The fourth-order valence-electron chi connectivity index (χ4n) is 2.16. The van der Waals surface area contributed by atoms with Crippen LogP contribution in [0, 0.1) is 16.0 Å². The number of nitro groups is 1. The van der Waals surface area contributed by atoms with E-state index in [9.17, 15) is 14.9 Å². The summed E-state index contributed by atoms with van der Waals surface area (Å²) < 4.78 is 5.23. The Hall–Kier alpha value is -1.66. The van der Waals surface area contributed by atoms with E-state index in [4.69, 9.17) is 16.3 Å². The molecule has 7 heteroatoms. The number of hydrogen-bond donors (Lipinski definition) is 1. The highest BCUT2D eigenvalue weighted by atomic mass is 35.5. The van der Waals surface area contributed by atoms with Gasteiger partial charge in [-0.1, -0.05) is 11.6 Å². The third-order valence-electron chi connectivity index (χ3n) is 3.24. The second-order valence-corrected chi connectivity index (χ2v) is 5.14. The molecule has 2 rings (SSSR count). The van der Waals surface area contributed by atoms with E-state index in [0.29, 0.717) is 31.2 Å². The largest absolute Gasteiger partial charge is 0.381 e. The average Bonchev–Trinajstić information content (AvgIpc) is 2.41. The van der Waals surface area contributed by atoms with Crippen LogP contribution in [0.1, 0.15) is 19.3 Å². The number of hydrogen-bond acceptors (Lipinski definition) is 4. The van der Waals surface area contributed by atoms with Gasteiger partial charge in [-0.25, -0.2) is 0 Å². The van der Waals surface area contributed by atoms with Crippen molar-refractivity contribution in [2.24, 2.45) is 5.92 Å². The smallest absolute Gasteiger partial charge is 0.289 e. The number of anilines is 1. The number of amides is 1. The fourth-order valence-corrected chi connectivity index (χ4v) is 2.34. The Morgan fingerprint density at radius 1 is 1.45 bits per heavy atom. The van der Waals surface area contributed by atoms with Crippen LogP contribution in [-0.4, -0.2) is 24.0 Å². The Labute approximate surface area is 121 Å². The Bertz CT molecular complexity index is 515. The molecule has 1 aromatic carbocycles. The molecule has 20 heavy (non-hydrogen) atoms. The molecule has 1 N–H and O–H groups in total. The Morgan fingerprint density at radius 3 is 2.80 bits per heavy atom. The summed E-state index contributed by atoms with van der Waals surface area (Å²) in [6.07, 6.45) is 2.14. The summed E-state index contributed by atoms with van der Waals surface area (Å²) in [6, 6.07) is 4.23. The van der Waals surface area contributed by atoms with Crippen LogP contribution in [0.5, 0.6) is 0 Å². The molecule has 1 heterocycles. The molecule has 0 spiro atoms. The van der Waals surface area contributed by atoms with Crippen molar-refractivity contribution < 1.29 is 14.5 Å². The molecule has 1 fully saturated rings. The van der Waals surface area contributed by atoms with Crippen LogP contribution >= 0.6 is 11.6 Å². The molecular formula is C13H15ClN2O4. The maximum Gasteiger partial charge on any atom is 0.289 e. The Morgan fingerprint density at radius 2 is 2.15 bits per heavy atom. The topological polar surface area (TPSA) is 81.5 Å². The SMILES string of the molecule is O=C(CC1CCOCC1)Nc1ccc(Cl)c([N+](=O)[O-])c1. The zero-order valence-electron chi connectivity index (χ0n) is 10.8. The van der Waals surface area contributed by atoms with Gasteiger partial charge in [0.15, 0.2) is 0 Å². The van der Waals surface area contributed by atoms with Gasteiger partial charge in [0, 0.05) is 31.4 Å². The molecule has 0 unspecified atom stereocenters. The van der Waals surface area contributed by atoms with E-state index in [0.717, 1.165) is 12.8 Å². The van der Waals surface area contributed by atoms with Crippen molar-refractivity contribution in [2.75, 3.05) is 18.5 Å². The summed E-state index contributed by atoms with van der Waals surface area (Å²) in [5.74, 6) is 0.166. The lowest BCUT2D eigenvalue weighted by Gasteiger charge is -2.21. The lowest BCUT2D eigenvalue weighted by molar-refractivity contribution is -0.384. The van der Waals surface area contributed by atoms with Crippen molar-refractivity contribution in [1.29, 1.82) is 0 Å². The number of rotatable bonds is 4. The number of halogens is 1. The normalized spacial score (nSPS) is 15.8. The molecule has 1 aliphatic heterocycles. The molecule has 0 radical (unpaired) electrons. The summed E-state index contributed by atoms with van der Waals surface area (Å²) in [5, 5.41) is 13.5. The molecule has 108 valence electrons. The molecule has 1 amide bonds. The summed E-state index contributed by atoms with van der Waals surface area (Å²) in [4.78, 5) is 22.1. The van der Waals surface area contributed by atoms with Gasteiger partial charge in [0.1, 0.15) is 5.02 Å². The number of benzene rings is 1. The van der Waals surface area contributed by atoms with Gasteiger partial charge in [-0.3, -0.25) is 14.9 Å². The Balaban J connectivity index is 1.96. The van der Waals surface area contributed by atoms with Crippen molar-refractivity contribution in [1.82, 2.24) is 0 Å². The quantitative estimate of drug-likeness (QED) is 0.684. The van der Waals surface area contributed by atoms with E-state index in [2.05, 4.69) is 5.32 Å². The first-order valence-electron chi connectivity index (χ1n) is 6.38. The second kappa shape index (κ2) is 6.67.